The lowest BCUT2D eigenvalue weighted by molar-refractivity contribution is -0.0692. The molecule has 4 saturated carbocycles. The lowest BCUT2D eigenvalue weighted by atomic mass is 9.32. The number of benzene rings is 4. The molecule has 6 aliphatic rings. The summed E-state index contributed by atoms with van der Waals surface area (Å²) in [6.07, 6.45) is 5.53. The van der Waals surface area contributed by atoms with Gasteiger partial charge in [0.1, 0.15) is 0 Å². The summed E-state index contributed by atoms with van der Waals surface area (Å²) in [6.45, 7) is 0. The van der Waals surface area contributed by atoms with E-state index in [4.69, 9.17) is 14.2 Å². The van der Waals surface area contributed by atoms with E-state index in [0.717, 1.165) is 55.2 Å². The first-order valence-electron chi connectivity index (χ1n) is 19.8. The Bertz CT molecular complexity index is 2380. The summed E-state index contributed by atoms with van der Waals surface area (Å²) in [5.41, 5.74) is 9.70. The molecule has 0 amide bonds. The highest BCUT2D eigenvalue weighted by Crippen LogP contribution is 2.74. The van der Waals surface area contributed by atoms with Crippen LogP contribution >= 0.6 is 0 Å². The minimum absolute atomic E-state index is 0.236. The molecule has 0 N–H and O–H groups in total. The summed E-state index contributed by atoms with van der Waals surface area (Å²) in [4.78, 5) is 37.8. The average molecular weight is 765 g/mol. The summed E-state index contributed by atoms with van der Waals surface area (Å²) in [5.74, 6) is 5.80. The maximum Gasteiger partial charge on any atom is 0.337 e. The highest BCUT2D eigenvalue weighted by molar-refractivity contribution is 5.90. The van der Waals surface area contributed by atoms with Crippen molar-refractivity contribution in [2.75, 3.05) is 21.3 Å². The molecule has 0 radical (unpaired) electrons. The van der Waals surface area contributed by atoms with Crippen molar-refractivity contribution in [3.8, 4) is 23.0 Å². The van der Waals surface area contributed by atoms with Crippen LogP contribution < -0.4 is 0 Å². The van der Waals surface area contributed by atoms with Gasteiger partial charge in [0.2, 0.25) is 0 Å². The topological polar surface area (TPSA) is 78.9 Å². The molecule has 10 rings (SSSR count). The van der Waals surface area contributed by atoms with Crippen LogP contribution in [-0.2, 0) is 35.9 Å². The Hall–Kier alpha value is -6.45. The molecule has 0 spiro atoms. The molecule has 288 valence electrons. The lowest BCUT2D eigenvalue weighted by Gasteiger charge is -2.71. The normalized spacial score (nSPS) is 24.1. The van der Waals surface area contributed by atoms with E-state index in [2.05, 4.69) is 103 Å². The summed E-state index contributed by atoms with van der Waals surface area (Å²) in [6, 6.07) is 47.6. The summed E-state index contributed by atoms with van der Waals surface area (Å²) >= 11 is 0. The quantitative estimate of drug-likeness (QED) is 0.0915. The van der Waals surface area contributed by atoms with Gasteiger partial charge < -0.3 is 14.2 Å². The molecule has 0 saturated heterocycles. The smallest absolute Gasteiger partial charge is 0.337 e. The van der Waals surface area contributed by atoms with E-state index in [-0.39, 0.29) is 39.6 Å². The number of fused-ring (bicyclic) bond motifs is 1. The second-order valence-corrected chi connectivity index (χ2v) is 16.7. The third-order valence-corrected chi connectivity index (χ3v) is 13.4. The molecule has 4 aromatic rings. The number of hydrogen-bond acceptors (Lipinski definition) is 6. The molecule has 6 aliphatic carbocycles. The van der Waals surface area contributed by atoms with Gasteiger partial charge in [-0.2, -0.15) is 0 Å². The number of carbonyl (C=O) groups excluding carboxylic acids is 3. The fourth-order valence-corrected chi connectivity index (χ4v) is 11.5. The van der Waals surface area contributed by atoms with Crippen LogP contribution in [0.25, 0.3) is 11.1 Å². The van der Waals surface area contributed by atoms with Crippen molar-refractivity contribution in [1.29, 1.82) is 0 Å². The molecule has 0 aromatic heterocycles. The molecule has 58 heavy (non-hydrogen) atoms. The van der Waals surface area contributed by atoms with Gasteiger partial charge in [-0.3, -0.25) is 0 Å². The third kappa shape index (κ3) is 6.17. The van der Waals surface area contributed by atoms with Crippen molar-refractivity contribution in [2.45, 2.75) is 60.2 Å². The van der Waals surface area contributed by atoms with Crippen molar-refractivity contribution in [3.05, 3.63) is 190 Å². The molecule has 6 heteroatoms. The maximum absolute atomic E-state index is 12.6. The number of methoxy groups -OCH3 is 3. The van der Waals surface area contributed by atoms with Crippen molar-refractivity contribution >= 4 is 17.9 Å². The summed E-state index contributed by atoms with van der Waals surface area (Å²) in [7, 11) is 4.22. The molecule has 0 heterocycles. The van der Waals surface area contributed by atoms with Crippen LogP contribution in [0.4, 0.5) is 0 Å². The largest absolute Gasteiger partial charge is 0.465 e. The zero-order chi connectivity index (χ0) is 40.1. The molecular formula is C52H44O6. The lowest BCUT2D eigenvalue weighted by Crippen LogP contribution is -2.67. The molecular weight excluding hydrogens is 721 g/mol. The van der Waals surface area contributed by atoms with Gasteiger partial charge in [0.25, 0.3) is 0 Å². The molecule has 6 nitrogen and oxygen atoms in total. The van der Waals surface area contributed by atoms with E-state index in [1.807, 2.05) is 48.5 Å². The van der Waals surface area contributed by atoms with Gasteiger partial charge in [0.15, 0.2) is 0 Å². The number of carbonyl (C=O) groups is 3. The molecule has 4 aromatic carbocycles. The van der Waals surface area contributed by atoms with Crippen LogP contribution in [0.3, 0.4) is 0 Å². The van der Waals surface area contributed by atoms with Crippen molar-refractivity contribution in [3.63, 3.8) is 0 Å². The van der Waals surface area contributed by atoms with Crippen molar-refractivity contribution in [1.82, 2.24) is 0 Å². The van der Waals surface area contributed by atoms with Crippen LogP contribution in [0.1, 0.15) is 103 Å². The predicted octanol–water partition coefficient (Wildman–Crippen LogP) is 9.98. The van der Waals surface area contributed by atoms with E-state index < -0.39 is 0 Å². The van der Waals surface area contributed by atoms with Gasteiger partial charge in [0.05, 0.1) is 38.0 Å². The fourth-order valence-electron chi connectivity index (χ4n) is 11.5. The monoisotopic (exact) mass is 764 g/mol. The first-order chi connectivity index (χ1) is 28.1. The second-order valence-electron chi connectivity index (χ2n) is 16.7. The maximum atomic E-state index is 12.6. The van der Waals surface area contributed by atoms with Crippen molar-refractivity contribution in [2.24, 2.45) is 0 Å². The Balaban J connectivity index is 1.19. The van der Waals surface area contributed by atoms with Gasteiger partial charge >= 0.3 is 17.9 Å². The third-order valence-electron chi connectivity index (χ3n) is 13.4. The standard InChI is InChI=1S/C52H44O6/c1-56-46(53)38-15-23-42(24-16-38)50-29-49(41-21-10-35(11-22-41)9-12-37-14-13-36-7-5-4-6-8-45(36)37)30-51(32-50,43-25-17-39(18-26-43)47(54)57-2)34-52(31-49,33-50)44-27-19-40(20-28-44)48(55)58-3/h4-8,10-11,13-28H,29-34H2,1-3H3. The zero-order valence-electron chi connectivity index (χ0n) is 33.0. The minimum Gasteiger partial charge on any atom is -0.465 e. The van der Waals surface area contributed by atoms with Gasteiger partial charge in [-0.15, -0.1) is 0 Å². The Morgan fingerprint density at radius 2 is 0.776 bits per heavy atom. The molecule has 4 bridgehead atoms. The van der Waals surface area contributed by atoms with E-state index in [1.165, 1.54) is 49.1 Å². The first kappa shape index (κ1) is 37.1. The average Bonchev–Trinajstić information content (AvgIpc) is 3.49. The van der Waals surface area contributed by atoms with E-state index in [0.29, 0.717) is 16.7 Å². The van der Waals surface area contributed by atoms with E-state index in [1.54, 1.807) is 0 Å². The minimum atomic E-state index is -0.360. The predicted molar refractivity (Wildman–Crippen MR) is 223 cm³/mol. The summed E-state index contributed by atoms with van der Waals surface area (Å²) in [5, 5.41) is 0. The number of hydrogen-bond donors (Lipinski definition) is 0. The second kappa shape index (κ2) is 14.2. The molecule has 0 atom stereocenters. The van der Waals surface area contributed by atoms with Crippen LogP contribution in [-0.4, -0.2) is 39.2 Å². The Labute approximate surface area is 339 Å². The Morgan fingerprint density at radius 1 is 0.414 bits per heavy atom. The van der Waals surface area contributed by atoms with Gasteiger partial charge in [-0.1, -0.05) is 96.8 Å². The molecule has 0 unspecified atom stereocenters. The zero-order valence-corrected chi connectivity index (χ0v) is 33.0. The number of ether oxygens (including phenoxy) is 3. The molecule has 0 aliphatic heterocycles. The molecule has 4 fully saturated rings. The fraction of sp³-hybridized carbons (Fsp3) is 0.250. The van der Waals surface area contributed by atoms with Crippen molar-refractivity contribution < 1.29 is 28.6 Å². The Kier molecular flexibility index (Phi) is 9.08. The van der Waals surface area contributed by atoms with Gasteiger partial charge in [-0.05, 0) is 148 Å². The van der Waals surface area contributed by atoms with Crippen LogP contribution in [0, 0.1) is 11.8 Å². The van der Waals surface area contributed by atoms with E-state index in [9.17, 15) is 14.4 Å². The first-order valence-corrected chi connectivity index (χ1v) is 19.8. The van der Waals surface area contributed by atoms with Crippen LogP contribution in [0.2, 0.25) is 0 Å². The Morgan fingerprint density at radius 3 is 1.16 bits per heavy atom. The van der Waals surface area contributed by atoms with E-state index >= 15 is 0 Å². The highest BCUT2D eigenvalue weighted by atomic mass is 16.5. The van der Waals surface area contributed by atoms with Crippen LogP contribution in [0.5, 0.6) is 0 Å². The number of rotatable bonds is 7. The van der Waals surface area contributed by atoms with Gasteiger partial charge in [-0.25, -0.2) is 14.4 Å². The van der Waals surface area contributed by atoms with Crippen LogP contribution in [0.15, 0.2) is 140 Å². The highest BCUT2D eigenvalue weighted by Gasteiger charge is 2.69. The summed E-state index contributed by atoms with van der Waals surface area (Å²) < 4.78 is 15.2. The number of esters is 3. The SMILES string of the molecule is COC(=O)c1ccc(C23CC4(c5ccc(C#Cc6ccc7cccccc6-7)cc5)CC(c5ccc(C(=O)OC)cc5)(C2)CC(c2ccc(C(=O)OC)cc2)(C4)C3)cc1. The van der Waals surface area contributed by atoms with Gasteiger partial charge in [0, 0.05) is 11.1 Å².